The molecule has 4 fully saturated rings. The predicted octanol–water partition coefficient (Wildman–Crippen LogP) is 6.17. The molecule has 3 heteroatoms. The minimum Gasteiger partial charge on any atom is -0.393 e. The van der Waals surface area contributed by atoms with Gasteiger partial charge >= 0.3 is 0 Å². The Labute approximate surface area is 201 Å². The Balaban J connectivity index is 1.60. The number of aldehydes is 1. The van der Waals surface area contributed by atoms with Crippen molar-refractivity contribution in [2.24, 2.45) is 56.2 Å². The Morgan fingerprint density at radius 2 is 1.52 bits per heavy atom. The zero-order valence-electron chi connectivity index (χ0n) is 22.2. The molecule has 0 aliphatic heterocycles. The van der Waals surface area contributed by atoms with Gasteiger partial charge in [-0.25, -0.2) is 0 Å². The van der Waals surface area contributed by atoms with E-state index in [9.17, 15) is 15.0 Å². The average molecular weight is 457 g/mol. The summed E-state index contributed by atoms with van der Waals surface area (Å²) in [4.78, 5) is 12.6. The zero-order valence-corrected chi connectivity index (χ0v) is 22.2. The normalized spacial score (nSPS) is 56.6. The first kappa shape index (κ1) is 24.0. The number of aliphatic hydroxyl groups excluding tert-OH is 2. The Kier molecular flexibility index (Phi) is 5.07. The maximum atomic E-state index is 12.6. The van der Waals surface area contributed by atoms with Gasteiger partial charge in [0.05, 0.1) is 12.2 Å². The van der Waals surface area contributed by atoms with E-state index < -0.39 is 6.10 Å². The van der Waals surface area contributed by atoms with E-state index in [2.05, 4.69) is 54.5 Å². The van der Waals surface area contributed by atoms with Crippen molar-refractivity contribution in [3.05, 3.63) is 12.2 Å². The number of carbonyl (C=O) groups excluding carboxylic acids is 1. The standard InChI is InChI=1S/C30H48O3/c1-25(2)12-14-30(18-31)15-13-29(7)24(19(30)17-25)20(32)16-22-27(5)10-9-23(33)26(3,4)21(27)8-11-28(22,29)6/h9-10,18-24,32-33H,8,11-17H2,1-7H3/t19?,20-,21+,22-,23+,24?,27+,28-,29-,30-/m1/s1. The minimum absolute atomic E-state index is 0.0181. The number of carbonyl (C=O) groups is 1. The van der Waals surface area contributed by atoms with E-state index in [1.807, 2.05) is 6.08 Å². The molecule has 0 heterocycles. The van der Waals surface area contributed by atoms with Gasteiger partial charge in [-0.05, 0) is 102 Å². The van der Waals surface area contributed by atoms with Gasteiger partial charge in [-0.15, -0.1) is 0 Å². The fraction of sp³-hybridized carbons (Fsp3) is 0.900. The highest BCUT2D eigenvalue weighted by Gasteiger charge is 2.71. The van der Waals surface area contributed by atoms with Crippen molar-refractivity contribution in [3.8, 4) is 0 Å². The number of rotatable bonds is 1. The van der Waals surface area contributed by atoms with Gasteiger partial charge in [-0.3, -0.25) is 0 Å². The monoisotopic (exact) mass is 456 g/mol. The number of allylic oxidation sites excluding steroid dienone is 1. The first-order valence-electron chi connectivity index (χ1n) is 13.7. The van der Waals surface area contributed by atoms with Gasteiger partial charge < -0.3 is 15.0 Å². The lowest BCUT2D eigenvalue weighted by molar-refractivity contribution is -0.259. The Bertz CT molecular complexity index is 859. The van der Waals surface area contributed by atoms with Crippen LogP contribution in [0.3, 0.4) is 0 Å². The van der Waals surface area contributed by atoms with E-state index >= 15 is 0 Å². The topological polar surface area (TPSA) is 57.5 Å². The molecule has 0 bridgehead atoms. The molecule has 186 valence electrons. The van der Waals surface area contributed by atoms with Crippen molar-refractivity contribution < 1.29 is 15.0 Å². The molecule has 10 atom stereocenters. The molecule has 0 amide bonds. The zero-order chi connectivity index (χ0) is 24.2. The summed E-state index contributed by atoms with van der Waals surface area (Å²) in [5.74, 6) is 1.30. The van der Waals surface area contributed by atoms with Gasteiger partial charge in [0.25, 0.3) is 0 Å². The Morgan fingerprint density at radius 3 is 2.18 bits per heavy atom. The van der Waals surface area contributed by atoms with Crippen LogP contribution in [-0.4, -0.2) is 28.7 Å². The van der Waals surface area contributed by atoms with E-state index in [-0.39, 0.29) is 50.4 Å². The third kappa shape index (κ3) is 2.90. The molecule has 2 N–H and O–H groups in total. The molecular formula is C30H48O3. The smallest absolute Gasteiger partial charge is 0.126 e. The molecule has 0 saturated heterocycles. The second kappa shape index (κ2) is 6.96. The summed E-state index contributed by atoms with van der Waals surface area (Å²) in [5, 5.41) is 22.7. The van der Waals surface area contributed by atoms with Gasteiger partial charge in [-0.2, -0.15) is 0 Å². The number of aliphatic hydroxyl groups is 2. The SMILES string of the molecule is CC1(C)CC[C@]2(C=O)CC[C@]3(C)C(C2C1)[C@H](O)C[C@@H]1[C@@]2(C)C=C[C@H](O)C(C)(C)[C@@H]2CC[C@]13C. The average Bonchev–Trinajstić information content (AvgIpc) is 2.72. The van der Waals surface area contributed by atoms with Crippen molar-refractivity contribution >= 4 is 6.29 Å². The predicted molar refractivity (Wildman–Crippen MR) is 132 cm³/mol. The molecule has 0 aromatic carbocycles. The van der Waals surface area contributed by atoms with Gasteiger partial charge in [-0.1, -0.05) is 60.6 Å². The summed E-state index contributed by atoms with van der Waals surface area (Å²) in [6, 6.07) is 0. The number of hydrogen-bond acceptors (Lipinski definition) is 3. The van der Waals surface area contributed by atoms with E-state index in [4.69, 9.17) is 0 Å². The highest BCUT2D eigenvalue weighted by molar-refractivity contribution is 5.61. The summed E-state index contributed by atoms with van der Waals surface area (Å²) in [6.45, 7) is 16.6. The summed E-state index contributed by atoms with van der Waals surface area (Å²) >= 11 is 0. The van der Waals surface area contributed by atoms with Crippen molar-refractivity contribution in [3.63, 3.8) is 0 Å². The third-order valence-electron chi connectivity index (χ3n) is 13.0. The van der Waals surface area contributed by atoms with Crippen LogP contribution in [0, 0.1) is 56.2 Å². The Hall–Kier alpha value is -0.670. The molecule has 5 rings (SSSR count). The fourth-order valence-electron chi connectivity index (χ4n) is 10.7. The second-order valence-electron chi connectivity index (χ2n) is 15.1. The third-order valence-corrected chi connectivity index (χ3v) is 13.0. The lowest BCUT2D eigenvalue weighted by Crippen LogP contribution is -2.69. The minimum atomic E-state index is -0.399. The molecule has 0 aromatic heterocycles. The molecule has 0 spiro atoms. The molecule has 5 aliphatic carbocycles. The lowest BCUT2D eigenvalue weighted by Gasteiger charge is -2.73. The van der Waals surface area contributed by atoms with Gasteiger partial charge in [0.2, 0.25) is 0 Å². The van der Waals surface area contributed by atoms with Crippen molar-refractivity contribution in [1.82, 2.24) is 0 Å². The highest BCUT2D eigenvalue weighted by Crippen LogP contribution is 2.76. The maximum Gasteiger partial charge on any atom is 0.126 e. The van der Waals surface area contributed by atoms with Crippen LogP contribution in [0.5, 0.6) is 0 Å². The van der Waals surface area contributed by atoms with Crippen molar-refractivity contribution in [2.75, 3.05) is 0 Å². The Morgan fingerprint density at radius 1 is 0.848 bits per heavy atom. The van der Waals surface area contributed by atoms with Crippen molar-refractivity contribution in [1.29, 1.82) is 0 Å². The van der Waals surface area contributed by atoms with Crippen LogP contribution in [0.2, 0.25) is 0 Å². The highest BCUT2D eigenvalue weighted by atomic mass is 16.3. The number of hydrogen-bond donors (Lipinski definition) is 2. The van der Waals surface area contributed by atoms with Crippen LogP contribution < -0.4 is 0 Å². The molecular weight excluding hydrogens is 408 g/mol. The quantitative estimate of drug-likeness (QED) is 0.366. The largest absolute Gasteiger partial charge is 0.393 e. The van der Waals surface area contributed by atoms with Crippen LogP contribution in [0.4, 0.5) is 0 Å². The van der Waals surface area contributed by atoms with Crippen LogP contribution in [0.25, 0.3) is 0 Å². The van der Waals surface area contributed by atoms with Crippen LogP contribution >= 0.6 is 0 Å². The van der Waals surface area contributed by atoms with Gasteiger partial charge in [0.15, 0.2) is 0 Å². The molecule has 3 nitrogen and oxygen atoms in total. The van der Waals surface area contributed by atoms with E-state index in [0.29, 0.717) is 11.8 Å². The first-order valence-corrected chi connectivity index (χ1v) is 13.7. The molecule has 0 radical (unpaired) electrons. The molecule has 0 aromatic rings. The first-order chi connectivity index (χ1) is 15.2. The molecule has 4 saturated carbocycles. The van der Waals surface area contributed by atoms with Crippen LogP contribution in [0.1, 0.15) is 99.8 Å². The van der Waals surface area contributed by atoms with Gasteiger partial charge in [0.1, 0.15) is 6.29 Å². The number of fused-ring (bicyclic) bond motifs is 7. The molecule has 5 aliphatic rings. The molecule has 2 unspecified atom stereocenters. The van der Waals surface area contributed by atoms with Crippen LogP contribution in [0.15, 0.2) is 12.2 Å². The summed E-state index contributed by atoms with van der Waals surface area (Å²) in [7, 11) is 0. The summed E-state index contributed by atoms with van der Waals surface area (Å²) < 4.78 is 0. The van der Waals surface area contributed by atoms with E-state index in [1.54, 1.807) is 0 Å². The van der Waals surface area contributed by atoms with Crippen LogP contribution in [-0.2, 0) is 4.79 Å². The summed E-state index contributed by atoms with van der Waals surface area (Å²) in [6.07, 6.45) is 13.2. The lowest BCUT2D eigenvalue weighted by atomic mass is 9.31. The summed E-state index contributed by atoms with van der Waals surface area (Å²) in [5.41, 5.74) is -0.00996. The fourth-order valence-corrected chi connectivity index (χ4v) is 10.7. The van der Waals surface area contributed by atoms with Gasteiger partial charge in [0, 0.05) is 5.41 Å². The maximum absolute atomic E-state index is 12.6. The van der Waals surface area contributed by atoms with E-state index in [0.717, 1.165) is 51.4 Å². The van der Waals surface area contributed by atoms with Crippen molar-refractivity contribution in [2.45, 2.75) is 112 Å². The molecule has 33 heavy (non-hydrogen) atoms. The second-order valence-corrected chi connectivity index (χ2v) is 15.1. The van der Waals surface area contributed by atoms with E-state index in [1.165, 1.54) is 6.29 Å².